The van der Waals surface area contributed by atoms with E-state index in [1.54, 1.807) is 0 Å². The van der Waals surface area contributed by atoms with Crippen LogP contribution < -0.4 is 5.73 Å². The van der Waals surface area contributed by atoms with Gasteiger partial charge in [-0.1, -0.05) is 114 Å². The van der Waals surface area contributed by atoms with Crippen LogP contribution >= 0.6 is 0 Å². The summed E-state index contributed by atoms with van der Waals surface area (Å²) in [5.74, 6) is 0. The van der Waals surface area contributed by atoms with Crippen LogP contribution in [0.2, 0.25) is 0 Å². The van der Waals surface area contributed by atoms with Crippen molar-refractivity contribution in [1.29, 1.82) is 0 Å². The molecule has 0 spiro atoms. The van der Waals surface area contributed by atoms with Gasteiger partial charge in [0.15, 0.2) is 0 Å². The van der Waals surface area contributed by atoms with Crippen molar-refractivity contribution in [2.45, 2.75) is 96.4 Å². The van der Waals surface area contributed by atoms with E-state index in [1.165, 1.54) is 122 Å². The zero-order valence-electron chi connectivity index (χ0n) is 19.9. The summed E-state index contributed by atoms with van der Waals surface area (Å²) in [4.78, 5) is 5.20. The molecule has 1 aromatic carbocycles. The Morgan fingerprint density at radius 2 is 1.13 bits per heavy atom. The van der Waals surface area contributed by atoms with Crippen LogP contribution in [0, 0.1) is 0 Å². The molecule has 2 N–H and O–H groups in total. The van der Waals surface area contributed by atoms with E-state index in [-0.39, 0.29) is 6.04 Å². The SMILES string of the molecule is CCCCCCCCCCCCCCCN1CCN(CC(N)c2ccccc2)CC1. The molecule has 3 nitrogen and oxygen atoms in total. The van der Waals surface area contributed by atoms with Gasteiger partial charge >= 0.3 is 0 Å². The minimum absolute atomic E-state index is 0.138. The maximum Gasteiger partial charge on any atom is 0.0424 e. The largest absolute Gasteiger partial charge is 0.323 e. The van der Waals surface area contributed by atoms with Crippen molar-refractivity contribution in [2.75, 3.05) is 39.3 Å². The Labute approximate surface area is 187 Å². The number of benzene rings is 1. The summed E-state index contributed by atoms with van der Waals surface area (Å²) in [6.45, 7) is 9.31. The van der Waals surface area contributed by atoms with Crippen molar-refractivity contribution in [1.82, 2.24) is 9.80 Å². The topological polar surface area (TPSA) is 32.5 Å². The molecule has 1 aromatic rings. The number of nitrogens with two attached hydrogens (primary N) is 1. The first-order valence-electron chi connectivity index (χ1n) is 13.0. The van der Waals surface area contributed by atoms with Gasteiger partial charge in [0.2, 0.25) is 0 Å². The Bertz CT molecular complexity index is 496. The lowest BCUT2D eigenvalue weighted by Gasteiger charge is -2.36. The summed E-state index contributed by atoms with van der Waals surface area (Å²) >= 11 is 0. The predicted molar refractivity (Wildman–Crippen MR) is 132 cm³/mol. The molecule has 30 heavy (non-hydrogen) atoms. The Kier molecular flexibility index (Phi) is 14.2. The molecule has 1 unspecified atom stereocenters. The van der Waals surface area contributed by atoms with E-state index in [0.29, 0.717) is 0 Å². The molecule has 0 radical (unpaired) electrons. The summed E-state index contributed by atoms with van der Waals surface area (Å²) in [6.07, 6.45) is 18.7. The van der Waals surface area contributed by atoms with Gasteiger partial charge in [-0.2, -0.15) is 0 Å². The van der Waals surface area contributed by atoms with Gasteiger partial charge in [-0.3, -0.25) is 4.90 Å². The molecular weight excluding hydrogens is 366 g/mol. The molecule has 1 aliphatic heterocycles. The summed E-state index contributed by atoms with van der Waals surface area (Å²) in [6, 6.07) is 10.7. The summed E-state index contributed by atoms with van der Waals surface area (Å²) in [5, 5.41) is 0. The summed E-state index contributed by atoms with van der Waals surface area (Å²) in [5.41, 5.74) is 7.65. The second-order valence-corrected chi connectivity index (χ2v) is 9.40. The summed E-state index contributed by atoms with van der Waals surface area (Å²) in [7, 11) is 0. The van der Waals surface area contributed by atoms with Crippen LogP contribution in [0.1, 0.15) is 102 Å². The standard InChI is InChI=1S/C27H49N3/c1-2-3-4-5-6-7-8-9-10-11-12-13-17-20-29-21-23-30(24-22-29)25-27(28)26-18-15-14-16-19-26/h14-16,18-19,27H,2-13,17,20-25,28H2,1H3. The van der Waals surface area contributed by atoms with E-state index in [2.05, 4.69) is 47.1 Å². The van der Waals surface area contributed by atoms with E-state index in [9.17, 15) is 0 Å². The molecule has 172 valence electrons. The molecule has 2 rings (SSSR count). The first kappa shape index (κ1) is 25.4. The van der Waals surface area contributed by atoms with Gasteiger partial charge in [0.25, 0.3) is 0 Å². The molecule has 1 saturated heterocycles. The molecule has 1 aliphatic rings. The predicted octanol–water partition coefficient (Wildman–Crippen LogP) is 6.40. The average molecular weight is 416 g/mol. The van der Waals surface area contributed by atoms with Crippen molar-refractivity contribution in [3.63, 3.8) is 0 Å². The van der Waals surface area contributed by atoms with Crippen molar-refractivity contribution in [3.8, 4) is 0 Å². The molecule has 0 amide bonds. The van der Waals surface area contributed by atoms with Crippen LogP contribution in [0.25, 0.3) is 0 Å². The van der Waals surface area contributed by atoms with Crippen LogP contribution in [-0.2, 0) is 0 Å². The smallest absolute Gasteiger partial charge is 0.0424 e. The molecule has 3 heteroatoms. The Hall–Kier alpha value is -0.900. The number of hydrogen-bond donors (Lipinski definition) is 1. The molecule has 1 fully saturated rings. The van der Waals surface area contributed by atoms with Gasteiger partial charge < -0.3 is 10.6 Å². The van der Waals surface area contributed by atoms with Crippen LogP contribution in [0.3, 0.4) is 0 Å². The van der Waals surface area contributed by atoms with Gasteiger partial charge in [-0.05, 0) is 18.5 Å². The monoisotopic (exact) mass is 415 g/mol. The highest BCUT2D eigenvalue weighted by Gasteiger charge is 2.18. The maximum atomic E-state index is 6.39. The lowest BCUT2D eigenvalue weighted by molar-refractivity contribution is 0.125. The zero-order chi connectivity index (χ0) is 21.3. The Morgan fingerprint density at radius 1 is 0.667 bits per heavy atom. The van der Waals surface area contributed by atoms with E-state index < -0.39 is 0 Å². The van der Waals surface area contributed by atoms with Crippen LogP contribution in [0.4, 0.5) is 0 Å². The molecule has 0 bridgehead atoms. The molecule has 0 aliphatic carbocycles. The minimum Gasteiger partial charge on any atom is -0.323 e. The van der Waals surface area contributed by atoms with Gasteiger partial charge in [0.1, 0.15) is 0 Å². The third-order valence-corrected chi connectivity index (χ3v) is 6.73. The Morgan fingerprint density at radius 3 is 1.67 bits per heavy atom. The van der Waals surface area contributed by atoms with Crippen LogP contribution in [-0.4, -0.2) is 49.1 Å². The average Bonchev–Trinajstić information content (AvgIpc) is 2.78. The van der Waals surface area contributed by atoms with E-state index >= 15 is 0 Å². The highest BCUT2D eigenvalue weighted by molar-refractivity contribution is 5.18. The number of rotatable bonds is 17. The fraction of sp³-hybridized carbons (Fsp3) is 0.778. The fourth-order valence-corrected chi connectivity index (χ4v) is 4.63. The quantitative estimate of drug-likeness (QED) is 0.299. The number of hydrogen-bond acceptors (Lipinski definition) is 3. The number of nitrogens with zero attached hydrogens (tertiary/aromatic N) is 2. The molecule has 0 saturated carbocycles. The van der Waals surface area contributed by atoms with Crippen molar-refractivity contribution in [2.24, 2.45) is 5.73 Å². The van der Waals surface area contributed by atoms with E-state index in [4.69, 9.17) is 5.73 Å². The van der Waals surface area contributed by atoms with Crippen LogP contribution in [0.15, 0.2) is 30.3 Å². The lowest BCUT2D eigenvalue weighted by atomic mass is 10.0. The maximum absolute atomic E-state index is 6.39. The zero-order valence-corrected chi connectivity index (χ0v) is 19.9. The van der Waals surface area contributed by atoms with Gasteiger partial charge in [0.05, 0.1) is 0 Å². The van der Waals surface area contributed by atoms with E-state index in [0.717, 1.165) is 6.54 Å². The molecular formula is C27H49N3. The molecule has 0 aromatic heterocycles. The highest BCUT2D eigenvalue weighted by Crippen LogP contribution is 2.15. The minimum atomic E-state index is 0.138. The third-order valence-electron chi connectivity index (χ3n) is 6.73. The molecule has 1 heterocycles. The van der Waals surface area contributed by atoms with Crippen LogP contribution in [0.5, 0.6) is 0 Å². The van der Waals surface area contributed by atoms with E-state index in [1.807, 2.05) is 0 Å². The van der Waals surface area contributed by atoms with Crippen molar-refractivity contribution in [3.05, 3.63) is 35.9 Å². The van der Waals surface area contributed by atoms with Gasteiger partial charge in [-0.15, -0.1) is 0 Å². The highest BCUT2D eigenvalue weighted by atomic mass is 15.3. The lowest BCUT2D eigenvalue weighted by Crippen LogP contribution is -2.48. The van der Waals surface area contributed by atoms with Crippen molar-refractivity contribution >= 4 is 0 Å². The van der Waals surface area contributed by atoms with Crippen molar-refractivity contribution < 1.29 is 0 Å². The fourth-order valence-electron chi connectivity index (χ4n) is 4.63. The van der Waals surface area contributed by atoms with Gasteiger partial charge in [0, 0.05) is 38.8 Å². The third kappa shape index (κ3) is 11.5. The first-order chi connectivity index (χ1) is 14.8. The normalized spacial score (nSPS) is 16.7. The second kappa shape index (κ2) is 16.8. The number of piperazine rings is 1. The first-order valence-corrected chi connectivity index (χ1v) is 13.0. The Balaban J connectivity index is 1.37. The second-order valence-electron chi connectivity index (χ2n) is 9.40. The molecule has 1 atom stereocenters. The summed E-state index contributed by atoms with van der Waals surface area (Å²) < 4.78 is 0. The van der Waals surface area contributed by atoms with Gasteiger partial charge in [-0.25, -0.2) is 0 Å². The number of unbranched alkanes of at least 4 members (excludes halogenated alkanes) is 12.